The molecule has 0 aliphatic carbocycles. The van der Waals surface area contributed by atoms with E-state index in [9.17, 15) is 0 Å². The molecule has 0 fully saturated rings. The molecule has 0 aliphatic rings. The Morgan fingerprint density at radius 1 is 1.50 bits per heavy atom. The Bertz CT molecular complexity index is 186. The highest BCUT2D eigenvalue weighted by molar-refractivity contribution is 4.75. The number of unbranched alkanes of at least 4 members (excludes halogenated alkanes) is 2. The van der Waals surface area contributed by atoms with Crippen LogP contribution in [-0.2, 0) is 6.54 Å². The van der Waals surface area contributed by atoms with Gasteiger partial charge in [0, 0.05) is 0 Å². The summed E-state index contributed by atoms with van der Waals surface area (Å²) >= 11 is 0. The molecule has 4 heteroatoms. The van der Waals surface area contributed by atoms with Crippen LogP contribution in [-0.4, -0.2) is 16.7 Å². The Kier molecular flexibility index (Phi) is 4.37. The molecular formula is C8H15N3O. The van der Waals surface area contributed by atoms with Gasteiger partial charge in [-0.3, -0.25) is 0 Å². The Labute approximate surface area is 72.4 Å². The molecule has 0 aromatic carbocycles. The van der Waals surface area contributed by atoms with E-state index < -0.39 is 0 Å². The largest absolute Gasteiger partial charge is 0.343 e. The minimum absolute atomic E-state index is 0.709. The molecule has 1 N–H and O–H groups in total. The number of hydrogen-bond donors (Lipinski definition) is 1. The van der Waals surface area contributed by atoms with Gasteiger partial charge < -0.3 is 9.84 Å². The van der Waals surface area contributed by atoms with Crippen LogP contribution in [0, 0.1) is 0 Å². The fraction of sp³-hybridized carbons (Fsp3) is 0.750. The maximum absolute atomic E-state index is 4.59. The predicted molar refractivity (Wildman–Crippen MR) is 45.5 cm³/mol. The summed E-state index contributed by atoms with van der Waals surface area (Å²) in [5.41, 5.74) is 0. The molecule has 0 radical (unpaired) electrons. The van der Waals surface area contributed by atoms with E-state index in [0.717, 1.165) is 12.4 Å². The molecule has 1 aromatic rings. The van der Waals surface area contributed by atoms with Gasteiger partial charge >= 0.3 is 0 Å². The van der Waals surface area contributed by atoms with Crippen LogP contribution in [0.2, 0.25) is 0 Å². The lowest BCUT2D eigenvalue weighted by Crippen LogP contribution is -2.15. The van der Waals surface area contributed by atoms with Crippen LogP contribution >= 0.6 is 0 Å². The van der Waals surface area contributed by atoms with E-state index >= 15 is 0 Å². The molecule has 4 nitrogen and oxygen atoms in total. The van der Waals surface area contributed by atoms with Crippen molar-refractivity contribution in [3.05, 3.63) is 12.2 Å². The van der Waals surface area contributed by atoms with Crippen molar-refractivity contribution in [2.75, 3.05) is 6.54 Å². The topological polar surface area (TPSA) is 51.0 Å². The highest BCUT2D eigenvalue weighted by Gasteiger charge is 1.95. The lowest BCUT2D eigenvalue weighted by atomic mass is 10.2. The SMILES string of the molecule is CCCCCNCc1ncon1. The third kappa shape index (κ3) is 3.48. The van der Waals surface area contributed by atoms with Gasteiger partial charge in [0.1, 0.15) is 0 Å². The van der Waals surface area contributed by atoms with E-state index in [1.165, 1.54) is 25.7 Å². The van der Waals surface area contributed by atoms with Gasteiger partial charge in [0.2, 0.25) is 6.39 Å². The molecule has 68 valence electrons. The van der Waals surface area contributed by atoms with Gasteiger partial charge in [-0.15, -0.1) is 0 Å². The molecule has 0 atom stereocenters. The van der Waals surface area contributed by atoms with Crippen LogP contribution in [0.3, 0.4) is 0 Å². The zero-order valence-electron chi connectivity index (χ0n) is 7.42. The smallest absolute Gasteiger partial charge is 0.213 e. The Morgan fingerprint density at radius 2 is 2.42 bits per heavy atom. The maximum atomic E-state index is 4.59. The average Bonchev–Trinajstić information content (AvgIpc) is 2.57. The lowest BCUT2D eigenvalue weighted by molar-refractivity contribution is 0.407. The molecule has 1 heterocycles. The van der Waals surface area contributed by atoms with Gasteiger partial charge in [-0.2, -0.15) is 4.98 Å². The monoisotopic (exact) mass is 169 g/mol. The van der Waals surface area contributed by atoms with Crippen molar-refractivity contribution in [2.45, 2.75) is 32.7 Å². The Hall–Kier alpha value is -0.900. The minimum atomic E-state index is 0.709. The van der Waals surface area contributed by atoms with Crippen LogP contribution in [0.1, 0.15) is 32.0 Å². The highest BCUT2D eigenvalue weighted by atomic mass is 16.5. The Balaban J connectivity index is 1.96. The van der Waals surface area contributed by atoms with E-state index in [1.807, 2.05) is 0 Å². The van der Waals surface area contributed by atoms with E-state index in [4.69, 9.17) is 0 Å². The first kappa shape index (κ1) is 9.19. The molecule has 0 saturated carbocycles. The molecule has 0 bridgehead atoms. The lowest BCUT2D eigenvalue weighted by Gasteiger charge is -1.99. The maximum Gasteiger partial charge on any atom is 0.213 e. The third-order valence-corrected chi connectivity index (χ3v) is 1.65. The quantitative estimate of drug-likeness (QED) is 0.653. The molecule has 0 spiro atoms. The zero-order valence-corrected chi connectivity index (χ0v) is 7.42. The number of rotatable bonds is 6. The molecule has 1 rings (SSSR count). The van der Waals surface area contributed by atoms with E-state index in [2.05, 4.69) is 26.9 Å². The van der Waals surface area contributed by atoms with Crippen LogP contribution in [0.25, 0.3) is 0 Å². The van der Waals surface area contributed by atoms with Crippen molar-refractivity contribution in [3.8, 4) is 0 Å². The van der Waals surface area contributed by atoms with E-state index in [0.29, 0.717) is 6.54 Å². The standard InChI is InChI=1S/C8H15N3O/c1-2-3-4-5-9-6-8-10-7-12-11-8/h7,9H,2-6H2,1H3. The normalized spacial score (nSPS) is 10.4. The average molecular weight is 169 g/mol. The van der Waals surface area contributed by atoms with Crippen LogP contribution in [0.5, 0.6) is 0 Å². The summed E-state index contributed by atoms with van der Waals surface area (Å²) in [7, 11) is 0. The first-order valence-electron chi connectivity index (χ1n) is 4.39. The number of nitrogens with zero attached hydrogens (tertiary/aromatic N) is 2. The second kappa shape index (κ2) is 5.71. The summed E-state index contributed by atoms with van der Waals surface area (Å²) in [6.07, 6.45) is 5.10. The predicted octanol–water partition coefficient (Wildman–Crippen LogP) is 1.35. The highest BCUT2D eigenvalue weighted by Crippen LogP contribution is 1.92. The zero-order chi connectivity index (χ0) is 8.65. The van der Waals surface area contributed by atoms with Gasteiger partial charge in [-0.1, -0.05) is 24.9 Å². The molecule has 0 saturated heterocycles. The van der Waals surface area contributed by atoms with Crippen molar-refractivity contribution in [3.63, 3.8) is 0 Å². The number of nitrogens with one attached hydrogen (secondary N) is 1. The number of aromatic nitrogens is 2. The second-order valence-corrected chi connectivity index (χ2v) is 2.73. The molecule has 0 unspecified atom stereocenters. The molecule has 0 amide bonds. The summed E-state index contributed by atoms with van der Waals surface area (Å²) in [5.74, 6) is 0.728. The van der Waals surface area contributed by atoms with Gasteiger partial charge in [-0.05, 0) is 13.0 Å². The van der Waals surface area contributed by atoms with Crippen molar-refractivity contribution >= 4 is 0 Å². The fourth-order valence-electron chi connectivity index (χ4n) is 0.970. The van der Waals surface area contributed by atoms with Gasteiger partial charge in [-0.25, -0.2) is 0 Å². The summed E-state index contributed by atoms with van der Waals surface area (Å²) in [6, 6.07) is 0. The fourth-order valence-corrected chi connectivity index (χ4v) is 0.970. The summed E-state index contributed by atoms with van der Waals surface area (Å²) in [6.45, 7) is 3.93. The van der Waals surface area contributed by atoms with Crippen molar-refractivity contribution < 1.29 is 4.52 Å². The number of hydrogen-bond acceptors (Lipinski definition) is 4. The van der Waals surface area contributed by atoms with Crippen molar-refractivity contribution in [2.24, 2.45) is 0 Å². The first-order chi connectivity index (χ1) is 5.93. The summed E-state index contributed by atoms with van der Waals surface area (Å²) in [5, 5.41) is 6.92. The van der Waals surface area contributed by atoms with Crippen LogP contribution in [0.15, 0.2) is 10.9 Å². The minimum Gasteiger partial charge on any atom is -0.343 e. The molecule has 0 aliphatic heterocycles. The second-order valence-electron chi connectivity index (χ2n) is 2.73. The molecule has 1 aromatic heterocycles. The van der Waals surface area contributed by atoms with Gasteiger partial charge in [0.25, 0.3) is 0 Å². The van der Waals surface area contributed by atoms with Crippen molar-refractivity contribution in [1.82, 2.24) is 15.5 Å². The van der Waals surface area contributed by atoms with Gasteiger partial charge in [0.15, 0.2) is 5.82 Å². The van der Waals surface area contributed by atoms with Gasteiger partial charge in [0.05, 0.1) is 6.54 Å². The van der Waals surface area contributed by atoms with E-state index in [-0.39, 0.29) is 0 Å². The Morgan fingerprint density at radius 3 is 3.08 bits per heavy atom. The first-order valence-corrected chi connectivity index (χ1v) is 4.39. The third-order valence-electron chi connectivity index (χ3n) is 1.65. The van der Waals surface area contributed by atoms with Crippen LogP contribution < -0.4 is 5.32 Å². The summed E-state index contributed by atoms with van der Waals surface area (Å²) in [4.78, 5) is 3.89. The van der Waals surface area contributed by atoms with Crippen LogP contribution in [0.4, 0.5) is 0 Å². The van der Waals surface area contributed by atoms with E-state index in [1.54, 1.807) is 0 Å². The molecule has 12 heavy (non-hydrogen) atoms. The summed E-state index contributed by atoms with van der Waals surface area (Å²) < 4.78 is 4.59. The molecular weight excluding hydrogens is 154 g/mol. The van der Waals surface area contributed by atoms with Crippen molar-refractivity contribution in [1.29, 1.82) is 0 Å².